The summed E-state index contributed by atoms with van der Waals surface area (Å²) in [6.45, 7) is 4.50. The Hall–Kier alpha value is -2.03. The molecule has 2 aromatic rings. The van der Waals surface area contributed by atoms with Gasteiger partial charge in [0.25, 0.3) is 5.91 Å². The van der Waals surface area contributed by atoms with Crippen LogP contribution in [0.5, 0.6) is 0 Å². The molecule has 1 aromatic carbocycles. The van der Waals surface area contributed by atoms with Gasteiger partial charge in [0.15, 0.2) is 0 Å². The molecule has 0 aliphatic heterocycles. The van der Waals surface area contributed by atoms with Crippen molar-refractivity contribution >= 4 is 5.91 Å². The number of amides is 1. The minimum absolute atomic E-state index is 0.0377. The number of benzene rings is 1. The number of carbonyl (C=O) groups is 1. The van der Waals surface area contributed by atoms with E-state index in [0.29, 0.717) is 12.1 Å². The second-order valence-electron chi connectivity index (χ2n) is 4.18. The highest BCUT2D eigenvalue weighted by Crippen LogP contribution is 2.06. The summed E-state index contributed by atoms with van der Waals surface area (Å²) in [5, 5.41) is 2.90. The van der Waals surface area contributed by atoms with E-state index in [2.05, 4.69) is 10.3 Å². The number of hydrogen-bond donors (Lipinski definition) is 2. The molecule has 1 aromatic heterocycles. The van der Waals surface area contributed by atoms with Crippen LogP contribution in [0.2, 0.25) is 0 Å². The molecule has 0 atom stereocenters. The zero-order valence-corrected chi connectivity index (χ0v) is 10.1. The second kappa shape index (κ2) is 4.87. The molecule has 2 rings (SSSR count). The van der Waals surface area contributed by atoms with Gasteiger partial charge in [0.2, 0.25) is 0 Å². The SMILES string of the molecule is Cc1ccc(CNC(=O)c2cc[nH]c2C)cc1. The topological polar surface area (TPSA) is 44.9 Å². The van der Waals surface area contributed by atoms with Crippen LogP contribution in [-0.2, 0) is 6.54 Å². The summed E-state index contributed by atoms with van der Waals surface area (Å²) in [5.41, 5.74) is 3.93. The molecule has 0 aliphatic rings. The first-order chi connectivity index (χ1) is 8.16. The number of nitrogens with one attached hydrogen (secondary N) is 2. The van der Waals surface area contributed by atoms with Crippen molar-refractivity contribution < 1.29 is 4.79 Å². The largest absolute Gasteiger partial charge is 0.365 e. The Kier molecular flexibility index (Phi) is 3.28. The van der Waals surface area contributed by atoms with Crippen LogP contribution in [0.15, 0.2) is 36.5 Å². The van der Waals surface area contributed by atoms with Crippen LogP contribution in [0, 0.1) is 13.8 Å². The fourth-order valence-corrected chi connectivity index (χ4v) is 1.68. The van der Waals surface area contributed by atoms with Gasteiger partial charge in [0, 0.05) is 18.4 Å². The lowest BCUT2D eigenvalue weighted by Crippen LogP contribution is -2.23. The van der Waals surface area contributed by atoms with Crippen molar-refractivity contribution in [2.75, 3.05) is 0 Å². The maximum atomic E-state index is 11.8. The summed E-state index contributed by atoms with van der Waals surface area (Å²) in [4.78, 5) is 14.8. The number of H-pyrrole nitrogens is 1. The van der Waals surface area contributed by atoms with Crippen LogP contribution in [0.4, 0.5) is 0 Å². The van der Waals surface area contributed by atoms with Gasteiger partial charge in [-0.15, -0.1) is 0 Å². The smallest absolute Gasteiger partial charge is 0.253 e. The summed E-state index contributed by atoms with van der Waals surface area (Å²) in [6.07, 6.45) is 1.77. The van der Waals surface area contributed by atoms with Gasteiger partial charge in [0.1, 0.15) is 0 Å². The highest BCUT2D eigenvalue weighted by molar-refractivity contribution is 5.95. The third kappa shape index (κ3) is 2.75. The number of rotatable bonds is 3. The molecule has 88 valence electrons. The Labute approximate surface area is 101 Å². The minimum atomic E-state index is -0.0377. The van der Waals surface area contributed by atoms with Gasteiger partial charge >= 0.3 is 0 Å². The third-order valence-electron chi connectivity index (χ3n) is 2.77. The molecule has 1 heterocycles. The predicted octanol–water partition coefficient (Wildman–Crippen LogP) is 2.56. The summed E-state index contributed by atoms with van der Waals surface area (Å²) in [6, 6.07) is 9.94. The molecule has 0 fully saturated rings. The highest BCUT2D eigenvalue weighted by Gasteiger charge is 2.08. The Morgan fingerprint density at radius 3 is 2.47 bits per heavy atom. The quantitative estimate of drug-likeness (QED) is 0.833. The summed E-state index contributed by atoms with van der Waals surface area (Å²) >= 11 is 0. The first-order valence-electron chi connectivity index (χ1n) is 5.64. The van der Waals surface area contributed by atoms with Crippen LogP contribution in [0.25, 0.3) is 0 Å². The van der Waals surface area contributed by atoms with Crippen molar-refractivity contribution in [2.45, 2.75) is 20.4 Å². The van der Waals surface area contributed by atoms with E-state index in [1.54, 1.807) is 12.3 Å². The summed E-state index contributed by atoms with van der Waals surface area (Å²) < 4.78 is 0. The molecular formula is C14H16N2O. The molecule has 0 bridgehead atoms. The lowest BCUT2D eigenvalue weighted by atomic mass is 10.1. The molecular weight excluding hydrogens is 212 g/mol. The molecule has 0 aliphatic carbocycles. The van der Waals surface area contributed by atoms with Gasteiger partial charge in [-0.2, -0.15) is 0 Å². The predicted molar refractivity (Wildman–Crippen MR) is 67.9 cm³/mol. The van der Waals surface area contributed by atoms with Crippen molar-refractivity contribution in [1.29, 1.82) is 0 Å². The average Bonchev–Trinajstić information content (AvgIpc) is 2.74. The number of aromatic nitrogens is 1. The molecule has 3 heteroatoms. The molecule has 0 radical (unpaired) electrons. The van der Waals surface area contributed by atoms with E-state index in [1.807, 2.05) is 38.1 Å². The van der Waals surface area contributed by atoms with E-state index in [4.69, 9.17) is 0 Å². The van der Waals surface area contributed by atoms with Gasteiger partial charge in [-0.05, 0) is 25.5 Å². The van der Waals surface area contributed by atoms with Gasteiger partial charge in [-0.3, -0.25) is 4.79 Å². The van der Waals surface area contributed by atoms with Crippen LogP contribution >= 0.6 is 0 Å². The van der Waals surface area contributed by atoms with Crippen LogP contribution < -0.4 is 5.32 Å². The second-order valence-corrected chi connectivity index (χ2v) is 4.18. The lowest BCUT2D eigenvalue weighted by molar-refractivity contribution is 0.0950. The molecule has 3 nitrogen and oxygen atoms in total. The molecule has 0 saturated carbocycles. The molecule has 0 unspecified atom stereocenters. The fourth-order valence-electron chi connectivity index (χ4n) is 1.68. The Balaban J connectivity index is 1.97. The van der Waals surface area contributed by atoms with Gasteiger partial charge in [0.05, 0.1) is 5.56 Å². The number of aromatic amines is 1. The monoisotopic (exact) mass is 228 g/mol. The van der Waals surface area contributed by atoms with E-state index in [0.717, 1.165) is 11.3 Å². The van der Waals surface area contributed by atoms with Crippen LogP contribution in [-0.4, -0.2) is 10.9 Å². The van der Waals surface area contributed by atoms with E-state index >= 15 is 0 Å². The molecule has 17 heavy (non-hydrogen) atoms. The van der Waals surface area contributed by atoms with Gasteiger partial charge in [-0.1, -0.05) is 29.8 Å². The molecule has 2 N–H and O–H groups in total. The third-order valence-corrected chi connectivity index (χ3v) is 2.77. The van der Waals surface area contributed by atoms with E-state index in [-0.39, 0.29) is 5.91 Å². The summed E-state index contributed by atoms with van der Waals surface area (Å²) in [7, 11) is 0. The normalized spacial score (nSPS) is 10.2. The average molecular weight is 228 g/mol. The zero-order valence-electron chi connectivity index (χ0n) is 10.1. The zero-order chi connectivity index (χ0) is 12.3. The number of aryl methyl sites for hydroxylation is 2. The van der Waals surface area contributed by atoms with E-state index < -0.39 is 0 Å². The van der Waals surface area contributed by atoms with Gasteiger partial charge < -0.3 is 10.3 Å². The van der Waals surface area contributed by atoms with Crippen molar-refractivity contribution in [3.05, 3.63) is 58.9 Å². The number of carbonyl (C=O) groups excluding carboxylic acids is 1. The Morgan fingerprint density at radius 2 is 1.88 bits per heavy atom. The van der Waals surface area contributed by atoms with E-state index in [1.165, 1.54) is 5.56 Å². The van der Waals surface area contributed by atoms with Crippen LogP contribution in [0.1, 0.15) is 27.2 Å². The minimum Gasteiger partial charge on any atom is -0.365 e. The fraction of sp³-hybridized carbons (Fsp3) is 0.214. The van der Waals surface area contributed by atoms with Crippen molar-refractivity contribution in [1.82, 2.24) is 10.3 Å². The van der Waals surface area contributed by atoms with Crippen LogP contribution in [0.3, 0.4) is 0 Å². The Morgan fingerprint density at radius 1 is 1.18 bits per heavy atom. The first kappa shape index (κ1) is 11.5. The van der Waals surface area contributed by atoms with Crippen molar-refractivity contribution in [3.63, 3.8) is 0 Å². The summed E-state index contributed by atoms with van der Waals surface area (Å²) in [5.74, 6) is -0.0377. The van der Waals surface area contributed by atoms with Crippen molar-refractivity contribution in [2.24, 2.45) is 0 Å². The lowest BCUT2D eigenvalue weighted by Gasteiger charge is -2.05. The molecule has 0 saturated heterocycles. The standard InChI is InChI=1S/C14H16N2O/c1-10-3-5-12(6-4-10)9-16-14(17)13-7-8-15-11(13)2/h3-8,15H,9H2,1-2H3,(H,16,17). The highest BCUT2D eigenvalue weighted by atomic mass is 16.1. The maximum absolute atomic E-state index is 11.8. The van der Waals surface area contributed by atoms with E-state index in [9.17, 15) is 4.79 Å². The number of hydrogen-bond acceptors (Lipinski definition) is 1. The maximum Gasteiger partial charge on any atom is 0.253 e. The molecule has 0 spiro atoms. The Bertz CT molecular complexity index is 511. The van der Waals surface area contributed by atoms with Gasteiger partial charge in [-0.25, -0.2) is 0 Å². The first-order valence-corrected chi connectivity index (χ1v) is 5.64. The van der Waals surface area contributed by atoms with Crippen molar-refractivity contribution in [3.8, 4) is 0 Å². The molecule has 1 amide bonds.